The van der Waals surface area contributed by atoms with Gasteiger partial charge in [-0.15, -0.1) is 0 Å². The van der Waals surface area contributed by atoms with Gasteiger partial charge in [-0.2, -0.15) is 0 Å². The van der Waals surface area contributed by atoms with Crippen LogP contribution >= 0.6 is 15.9 Å². The van der Waals surface area contributed by atoms with Gasteiger partial charge in [-0.25, -0.2) is 9.97 Å². The van der Waals surface area contributed by atoms with Crippen molar-refractivity contribution in [1.82, 2.24) is 9.97 Å². The molecule has 124 valence electrons. The second kappa shape index (κ2) is 8.04. The van der Waals surface area contributed by atoms with E-state index in [1.165, 1.54) is 0 Å². The molecule has 0 saturated heterocycles. The highest BCUT2D eigenvalue weighted by atomic mass is 79.9. The summed E-state index contributed by atoms with van der Waals surface area (Å²) in [6, 6.07) is 20.3. The van der Waals surface area contributed by atoms with Crippen LogP contribution in [0.15, 0.2) is 83.4 Å². The number of benzene rings is 2. The molecule has 0 radical (unpaired) electrons. The second-order valence-corrected chi connectivity index (χ2v) is 6.50. The van der Waals surface area contributed by atoms with Crippen molar-refractivity contribution in [3.8, 4) is 22.6 Å². The minimum Gasteiger partial charge on any atom is -0.228 e. The number of allylic oxidation sites excluding steroid dienone is 4. The molecule has 1 aromatic heterocycles. The third-order valence-electron chi connectivity index (χ3n) is 3.83. The molecule has 0 unspecified atom stereocenters. The van der Waals surface area contributed by atoms with Crippen LogP contribution in [0.5, 0.6) is 0 Å². The van der Waals surface area contributed by atoms with E-state index < -0.39 is 0 Å². The van der Waals surface area contributed by atoms with E-state index in [1.54, 1.807) is 0 Å². The maximum absolute atomic E-state index is 4.81. The predicted octanol–water partition coefficient (Wildman–Crippen LogP) is 6.55. The van der Waals surface area contributed by atoms with Gasteiger partial charge >= 0.3 is 0 Å². The molecule has 0 bridgehead atoms. The Bertz CT molecular complexity index is 928. The number of aromatic nitrogens is 2. The molecule has 0 spiro atoms. The summed E-state index contributed by atoms with van der Waals surface area (Å²) in [6.07, 6.45) is 6.17. The van der Waals surface area contributed by atoms with Crippen LogP contribution in [-0.2, 0) is 0 Å². The smallest absolute Gasteiger partial charge is 0.160 e. The van der Waals surface area contributed by atoms with Crippen molar-refractivity contribution in [1.29, 1.82) is 0 Å². The number of rotatable bonds is 4. The molecule has 0 aliphatic carbocycles. The molecule has 3 aromatic rings. The molecule has 2 aromatic carbocycles. The largest absolute Gasteiger partial charge is 0.228 e. The Morgan fingerprint density at radius 1 is 0.880 bits per heavy atom. The van der Waals surface area contributed by atoms with Crippen LogP contribution in [0.1, 0.15) is 19.5 Å². The first kappa shape index (κ1) is 17.3. The molecule has 25 heavy (non-hydrogen) atoms. The lowest BCUT2D eigenvalue weighted by Crippen LogP contribution is -1.97. The average molecular weight is 391 g/mol. The van der Waals surface area contributed by atoms with Gasteiger partial charge in [-0.3, -0.25) is 0 Å². The Labute approximate surface area is 157 Å². The van der Waals surface area contributed by atoms with Crippen LogP contribution in [0, 0.1) is 0 Å². The van der Waals surface area contributed by atoms with Gasteiger partial charge in [0, 0.05) is 15.6 Å². The Morgan fingerprint density at radius 3 is 2.32 bits per heavy atom. The molecule has 0 aliphatic heterocycles. The summed E-state index contributed by atoms with van der Waals surface area (Å²) in [5.74, 6) is 0.724. The summed E-state index contributed by atoms with van der Waals surface area (Å²) in [5, 5.41) is 0. The molecule has 0 atom stereocenters. The number of halogens is 1. The van der Waals surface area contributed by atoms with Crippen molar-refractivity contribution in [2.24, 2.45) is 0 Å². The molecule has 3 rings (SSSR count). The van der Waals surface area contributed by atoms with Crippen molar-refractivity contribution >= 4 is 21.5 Å². The SMILES string of the molecule is C/C=C\C(=C/C)c1cc(-c2ccccc2)nc(-c2cccc(Br)c2)n1. The molecule has 3 heteroatoms. The molecule has 1 heterocycles. The highest BCUT2D eigenvalue weighted by Crippen LogP contribution is 2.27. The van der Waals surface area contributed by atoms with E-state index in [1.807, 2.05) is 68.5 Å². The van der Waals surface area contributed by atoms with E-state index in [4.69, 9.17) is 9.97 Å². The van der Waals surface area contributed by atoms with E-state index in [0.29, 0.717) is 0 Å². The van der Waals surface area contributed by atoms with Gasteiger partial charge in [0.05, 0.1) is 11.4 Å². The summed E-state index contributed by atoms with van der Waals surface area (Å²) >= 11 is 3.53. The summed E-state index contributed by atoms with van der Waals surface area (Å²) in [4.78, 5) is 9.62. The van der Waals surface area contributed by atoms with Crippen LogP contribution in [0.4, 0.5) is 0 Å². The maximum atomic E-state index is 4.81. The normalized spacial score (nSPS) is 11.9. The van der Waals surface area contributed by atoms with Crippen molar-refractivity contribution in [2.45, 2.75) is 13.8 Å². The van der Waals surface area contributed by atoms with E-state index in [9.17, 15) is 0 Å². The fourth-order valence-corrected chi connectivity index (χ4v) is 3.02. The van der Waals surface area contributed by atoms with Crippen molar-refractivity contribution in [3.63, 3.8) is 0 Å². The van der Waals surface area contributed by atoms with Crippen molar-refractivity contribution in [2.75, 3.05) is 0 Å². The standard InChI is InChI=1S/C22H19BrN2/c1-3-9-16(4-2)20-15-21(17-10-6-5-7-11-17)25-22(24-20)18-12-8-13-19(23)14-18/h3-15H,1-2H3/b9-3-,16-4+. The van der Waals surface area contributed by atoms with Gasteiger partial charge in [-0.1, -0.05) is 76.6 Å². The minimum absolute atomic E-state index is 0.724. The van der Waals surface area contributed by atoms with Crippen LogP contribution < -0.4 is 0 Å². The highest BCUT2D eigenvalue weighted by Gasteiger charge is 2.10. The molecular weight excluding hydrogens is 372 g/mol. The molecule has 2 nitrogen and oxygen atoms in total. The quantitative estimate of drug-likeness (QED) is 0.471. The fraction of sp³-hybridized carbons (Fsp3) is 0.0909. The summed E-state index contributed by atoms with van der Waals surface area (Å²) in [5.41, 5.74) is 5.00. The topological polar surface area (TPSA) is 25.8 Å². The first-order valence-corrected chi connectivity index (χ1v) is 9.00. The summed E-state index contributed by atoms with van der Waals surface area (Å²) in [7, 11) is 0. The van der Waals surface area contributed by atoms with Crippen LogP contribution in [0.3, 0.4) is 0 Å². The van der Waals surface area contributed by atoms with Crippen LogP contribution in [0.25, 0.3) is 28.2 Å². The zero-order valence-electron chi connectivity index (χ0n) is 14.3. The lowest BCUT2D eigenvalue weighted by atomic mass is 10.1. The molecule has 0 N–H and O–H groups in total. The monoisotopic (exact) mass is 390 g/mol. The molecule has 0 amide bonds. The second-order valence-electron chi connectivity index (χ2n) is 5.58. The third kappa shape index (κ3) is 4.12. The van der Waals surface area contributed by atoms with Gasteiger partial charge < -0.3 is 0 Å². The third-order valence-corrected chi connectivity index (χ3v) is 4.32. The summed E-state index contributed by atoms with van der Waals surface area (Å²) in [6.45, 7) is 4.04. The molecule has 0 fully saturated rings. The Hall–Kier alpha value is -2.52. The van der Waals surface area contributed by atoms with Gasteiger partial charge in [0.15, 0.2) is 5.82 Å². The van der Waals surface area contributed by atoms with Crippen molar-refractivity contribution in [3.05, 3.63) is 89.1 Å². The lowest BCUT2D eigenvalue weighted by molar-refractivity contribution is 1.15. The Balaban J connectivity index is 2.21. The Kier molecular flexibility index (Phi) is 5.56. The first-order chi connectivity index (χ1) is 12.2. The minimum atomic E-state index is 0.724. The zero-order chi connectivity index (χ0) is 17.6. The fourth-order valence-electron chi connectivity index (χ4n) is 2.62. The van der Waals surface area contributed by atoms with Gasteiger partial charge in [0.2, 0.25) is 0 Å². The zero-order valence-corrected chi connectivity index (χ0v) is 15.9. The van der Waals surface area contributed by atoms with Crippen molar-refractivity contribution < 1.29 is 0 Å². The number of hydrogen-bond donors (Lipinski definition) is 0. The van der Waals surface area contributed by atoms with E-state index in [-0.39, 0.29) is 0 Å². The maximum Gasteiger partial charge on any atom is 0.160 e. The van der Waals surface area contributed by atoms with E-state index in [2.05, 4.69) is 40.2 Å². The molecule has 0 aliphatic rings. The number of hydrogen-bond acceptors (Lipinski definition) is 2. The predicted molar refractivity (Wildman–Crippen MR) is 109 cm³/mol. The van der Waals surface area contributed by atoms with Crippen LogP contribution in [0.2, 0.25) is 0 Å². The number of nitrogens with zero attached hydrogens (tertiary/aromatic N) is 2. The van der Waals surface area contributed by atoms with Crippen LogP contribution in [-0.4, -0.2) is 9.97 Å². The molecule has 0 saturated carbocycles. The average Bonchev–Trinajstić information content (AvgIpc) is 2.66. The highest BCUT2D eigenvalue weighted by molar-refractivity contribution is 9.10. The summed E-state index contributed by atoms with van der Waals surface area (Å²) < 4.78 is 1.01. The first-order valence-electron chi connectivity index (χ1n) is 8.21. The van der Waals surface area contributed by atoms with Gasteiger partial charge in [0.1, 0.15) is 0 Å². The van der Waals surface area contributed by atoms with E-state index in [0.717, 1.165) is 38.4 Å². The Morgan fingerprint density at radius 2 is 1.64 bits per heavy atom. The van der Waals surface area contributed by atoms with E-state index >= 15 is 0 Å². The van der Waals surface area contributed by atoms with Gasteiger partial charge in [-0.05, 0) is 37.6 Å². The molecular formula is C22H19BrN2. The van der Waals surface area contributed by atoms with Gasteiger partial charge in [0.25, 0.3) is 0 Å². The lowest BCUT2D eigenvalue weighted by Gasteiger charge is -2.10.